The van der Waals surface area contributed by atoms with Crippen LogP contribution in [0.4, 0.5) is 0 Å². The molecule has 0 aliphatic carbocycles. The summed E-state index contributed by atoms with van der Waals surface area (Å²) in [5.74, 6) is 0.0558. The van der Waals surface area contributed by atoms with Gasteiger partial charge in [0.15, 0.2) is 0 Å². The lowest BCUT2D eigenvalue weighted by molar-refractivity contribution is -0.121. The van der Waals surface area contributed by atoms with Crippen LogP contribution in [0.25, 0.3) is 0 Å². The summed E-state index contributed by atoms with van der Waals surface area (Å²) in [5.41, 5.74) is 6.67. The number of carbonyl (C=O) groups excluding carboxylic acids is 1. The van der Waals surface area contributed by atoms with Crippen molar-refractivity contribution in [2.45, 2.75) is 32.4 Å². The zero-order valence-corrected chi connectivity index (χ0v) is 11.0. The predicted molar refractivity (Wildman–Crippen MR) is 68.9 cm³/mol. The lowest BCUT2D eigenvalue weighted by Crippen LogP contribution is -2.25. The molecule has 1 amide bonds. The third kappa shape index (κ3) is 5.28. The summed E-state index contributed by atoms with van der Waals surface area (Å²) in [7, 11) is 0. The van der Waals surface area contributed by atoms with Crippen LogP contribution >= 0.6 is 15.9 Å². The first-order valence-corrected chi connectivity index (χ1v) is 6.14. The van der Waals surface area contributed by atoms with Gasteiger partial charge in [0.25, 0.3) is 0 Å². The Labute approximate surface area is 105 Å². The van der Waals surface area contributed by atoms with Gasteiger partial charge in [-0.15, -0.1) is 0 Å². The molecule has 1 aromatic carbocycles. The van der Waals surface area contributed by atoms with Gasteiger partial charge in [0.1, 0.15) is 0 Å². The van der Waals surface area contributed by atoms with Crippen LogP contribution in [0.5, 0.6) is 0 Å². The maximum atomic E-state index is 11.4. The number of nitrogens with one attached hydrogen (secondary N) is 1. The van der Waals surface area contributed by atoms with Crippen molar-refractivity contribution in [1.29, 1.82) is 0 Å². The number of hydrogen-bond donors (Lipinski definition) is 2. The van der Waals surface area contributed by atoms with Gasteiger partial charge in [-0.3, -0.25) is 4.79 Å². The molecule has 0 radical (unpaired) electrons. The monoisotopic (exact) mass is 284 g/mol. The fraction of sp³-hybridized carbons (Fsp3) is 0.417. The van der Waals surface area contributed by atoms with Crippen LogP contribution in [-0.2, 0) is 11.3 Å². The predicted octanol–water partition coefficient (Wildman–Crippen LogP) is 2.19. The summed E-state index contributed by atoms with van der Waals surface area (Å²) in [4.78, 5) is 11.4. The Morgan fingerprint density at radius 2 is 2.06 bits per heavy atom. The molecule has 16 heavy (non-hydrogen) atoms. The third-order valence-corrected chi connectivity index (χ3v) is 2.76. The molecule has 1 aromatic rings. The summed E-state index contributed by atoms with van der Waals surface area (Å²) in [6.07, 6.45) is 1.22. The molecule has 0 aromatic heterocycles. The Balaban J connectivity index is 2.29. The van der Waals surface area contributed by atoms with E-state index in [9.17, 15) is 4.79 Å². The van der Waals surface area contributed by atoms with E-state index in [1.165, 1.54) is 0 Å². The van der Waals surface area contributed by atoms with Crippen molar-refractivity contribution in [3.05, 3.63) is 34.3 Å². The number of rotatable bonds is 5. The molecule has 0 saturated carbocycles. The van der Waals surface area contributed by atoms with Crippen molar-refractivity contribution in [2.24, 2.45) is 5.73 Å². The summed E-state index contributed by atoms with van der Waals surface area (Å²) in [6, 6.07) is 7.97. The number of nitrogens with two attached hydrogens (primary N) is 1. The molecule has 0 aliphatic heterocycles. The smallest absolute Gasteiger partial charge is 0.220 e. The van der Waals surface area contributed by atoms with Gasteiger partial charge in [-0.25, -0.2) is 0 Å². The quantitative estimate of drug-likeness (QED) is 0.871. The molecule has 1 unspecified atom stereocenters. The highest BCUT2D eigenvalue weighted by Gasteiger charge is 2.03. The molecule has 0 fully saturated rings. The zero-order chi connectivity index (χ0) is 12.0. The molecule has 1 atom stereocenters. The molecule has 0 saturated heterocycles. The number of amides is 1. The van der Waals surface area contributed by atoms with E-state index in [1.54, 1.807) is 0 Å². The van der Waals surface area contributed by atoms with E-state index in [0.717, 1.165) is 16.5 Å². The van der Waals surface area contributed by atoms with Crippen LogP contribution in [0.15, 0.2) is 28.7 Å². The van der Waals surface area contributed by atoms with Crippen molar-refractivity contribution in [3.63, 3.8) is 0 Å². The average Bonchev–Trinajstić information content (AvgIpc) is 2.25. The minimum absolute atomic E-state index is 0.0558. The standard InChI is InChI=1S/C12H17BrN2O/c1-9(14)2-7-12(16)15-8-10-3-5-11(13)6-4-10/h3-6,9H,2,7-8,14H2,1H3,(H,15,16). The van der Waals surface area contributed by atoms with E-state index in [0.29, 0.717) is 13.0 Å². The minimum atomic E-state index is 0.0558. The minimum Gasteiger partial charge on any atom is -0.352 e. The number of hydrogen-bond acceptors (Lipinski definition) is 2. The maximum Gasteiger partial charge on any atom is 0.220 e. The Bertz CT molecular complexity index is 335. The van der Waals surface area contributed by atoms with E-state index < -0.39 is 0 Å². The van der Waals surface area contributed by atoms with Crippen molar-refractivity contribution < 1.29 is 4.79 Å². The largest absolute Gasteiger partial charge is 0.352 e. The second-order valence-electron chi connectivity index (χ2n) is 3.92. The first-order valence-electron chi connectivity index (χ1n) is 5.34. The van der Waals surface area contributed by atoms with Crippen molar-refractivity contribution in [1.82, 2.24) is 5.32 Å². The van der Waals surface area contributed by atoms with Gasteiger partial charge in [-0.05, 0) is 31.0 Å². The fourth-order valence-corrected chi connectivity index (χ4v) is 1.51. The van der Waals surface area contributed by atoms with E-state index in [-0.39, 0.29) is 11.9 Å². The highest BCUT2D eigenvalue weighted by Crippen LogP contribution is 2.10. The molecular formula is C12H17BrN2O. The lowest BCUT2D eigenvalue weighted by atomic mass is 10.2. The number of carbonyl (C=O) groups is 1. The normalized spacial score (nSPS) is 12.2. The van der Waals surface area contributed by atoms with Crippen molar-refractivity contribution in [3.8, 4) is 0 Å². The third-order valence-electron chi connectivity index (χ3n) is 2.23. The Morgan fingerprint density at radius 1 is 1.44 bits per heavy atom. The van der Waals surface area contributed by atoms with Gasteiger partial charge < -0.3 is 11.1 Å². The van der Waals surface area contributed by atoms with E-state index in [4.69, 9.17) is 5.73 Å². The van der Waals surface area contributed by atoms with Gasteiger partial charge in [0, 0.05) is 23.5 Å². The van der Waals surface area contributed by atoms with Gasteiger partial charge >= 0.3 is 0 Å². The molecule has 3 nitrogen and oxygen atoms in total. The van der Waals surface area contributed by atoms with Crippen molar-refractivity contribution >= 4 is 21.8 Å². The topological polar surface area (TPSA) is 55.1 Å². The molecule has 4 heteroatoms. The van der Waals surface area contributed by atoms with E-state index >= 15 is 0 Å². The van der Waals surface area contributed by atoms with Crippen LogP contribution in [0.1, 0.15) is 25.3 Å². The van der Waals surface area contributed by atoms with Gasteiger partial charge in [0.2, 0.25) is 5.91 Å². The fourth-order valence-electron chi connectivity index (χ4n) is 1.25. The van der Waals surface area contributed by atoms with Gasteiger partial charge in [-0.2, -0.15) is 0 Å². The molecule has 0 aliphatic rings. The first kappa shape index (κ1) is 13.2. The van der Waals surface area contributed by atoms with E-state index in [2.05, 4.69) is 21.2 Å². The maximum absolute atomic E-state index is 11.4. The molecule has 0 heterocycles. The molecule has 88 valence electrons. The van der Waals surface area contributed by atoms with Crippen LogP contribution in [0.3, 0.4) is 0 Å². The Hall–Kier alpha value is -0.870. The SMILES string of the molecule is CC(N)CCC(=O)NCc1ccc(Br)cc1. The molecule has 0 bridgehead atoms. The second kappa shape index (κ2) is 6.66. The highest BCUT2D eigenvalue weighted by atomic mass is 79.9. The molecule has 1 rings (SSSR count). The van der Waals surface area contributed by atoms with Gasteiger partial charge in [-0.1, -0.05) is 28.1 Å². The highest BCUT2D eigenvalue weighted by molar-refractivity contribution is 9.10. The summed E-state index contributed by atoms with van der Waals surface area (Å²) < 4.78 is 1.04. The Kier molecular flexibility index (Phi) is 5.49. The second-order valence-corrected chi connectivity index (χ2v) is 4.83. The Morgan fingerprint density at radius 3 is 2.62 bits per heavy atom. The first-order chi connectivity index (χ1) is 7.58. The molecule has 3 N–H and O–H groups in total. The molecule has 0 spiro atoms. The van der Waals surface area contributed by atoms with Crippen LogP contribution < -0.4 is 11.1 Å². The average molecular weight is 285 g/mol. The number of halogens is 1. The van der Waals surface area contributed by atoms with Crippen LogP contribution in [-0.4, -0.2) is 11.9 Å². The van der Waals surface area contributed by atoms with E-state index in [1.807, 2.05) is 31.2 Å². The molecular weight excluding hydrogens is 268 g/mol. The van der Waals surface area contributed by atoms with Crippen LogP contribution in [0.2, 0.25) is 0 Å². The summed E-state index contributed by atoms with van der Waals surface area (Å²) in [6.45, 7) is 2.48. The lowest BCUT2D eigenvalue weighted by Gasteiger charge is -2.07. The summed E-state index contributed by atoms with van der Waals surface area (Å²) in [5, 5.41) is 2.86. The van der Waals surface area contributed by atoms with Crippen LogP contribution in [0, 0.1) is 0 Å². The zero-order valence-electron chi connectivity index (χ0n) is 9.37. The summed E-state index contributed by atoms with van der Waals surface area (Å²) >= 11 is 3.37. The van der Waals surface area contributed by atoms with Crippen molar-refractivity contribution in [2.75, 3.05) is 0 Å². The number of benzene rings is 1. The van der Waals surface area contributed by atoms with Gasteiger partial charge in [0.05, 0.1) is 0 Å².